The van der Waals surface area contributed by atoms with Crippen LogP contribution < -0.4 is 0 Å². The lowest BCUT2D eigenvalue weighted by Crippen LogP contribution is -2.25. The number of aliphatic hydroxyl groups excluding tert-OH is 1. The van der Waals surface area contributed by atoms with Gasteiger partial charge in [-0.2, -0.15) is 0 Å². The molecule has 150 valence electrons. The van der Waals surface area contributed by atoms with Crippen molar-refractivity contribution in [3.8, 4) is 0 Å². The predicted molar refractivity (Wildman–Crippen MR) is 112 cm³/mol. The molecule has 2 aromatic rings. The number of fused-ring (bicyclic) bond motifs is 2. The highest BCUT2D eigenvalue weighted by Crippen LogP contribution is 2.46. The topological polar surface area (TPSA) is 66.8 Å². The first-order valence-electron chi connectivity index (χ1n) is 10.2. The summed E-state index contributed by atoms with van der Waals surface area (Å²) < 4.78 is 6.15. The Labute approximate surface area is 171 Å². The summed E-state index contributed by atoms with van der Waals surface area (Å²) in [4.78, 5) is 11.0. The molecule has 0 radical (unpaired) electrons. The molecule has 2 aromatic carbocycles. The van der Waals surface area contributed by atoms with Gasteiger partial charge in [0.1, 0.15) is 0 Å². The number of aliphatic hydroxyl groups is 1. The second-order valence-electron chi connectivity index (χ2n) is 7.84. The monoisotopic (exact) mass is 390 g/mol. The summed E-state index contributed by atoms with van der Waals surface area (Å²) in [5.41, 5.74) is 2.19. The van der Waals surface area contributed by atoms with E-state index in [1.54, 1.807) is 12.1 Å². The normalized spacial score (nSPS) is 27.1. The summed E-state index contributed by atoms with van der Waals surface area (Å²) in [5, 5.41) is 19.4. The van der Waals surface area contributed by atoms with Gasteiger partial charge in [0.15, 0.2) is 0 Å². The number of allylic oxidation sites excluding steroid dienone is 1. The van der Waals surface area contributed by atoms with Gasteiger partial charge in [-0.3, -0.25) is 0 Å². The fraction of sp³-hybridized carbons (Fsp3) is 0.320. The van der Waals surface area contributed by atoms with Gasteiger partial charge >= 0.3 is 5.97 Å². The summed E-state index contributed by atoms with van der Waals surface area (Å²) in [7, 11) is 0. The van der Waals surface area contributed by atoms with Crippen molar-refractivity contribution in [2.45, 2.75) is 37.6 Å². The van der Waals surface area contributed by atoms with Crippen LogP contribution in [0.25, 0.3) is 6.08 Å². The second kappa shape index (κ2) is 8.76. The average molecular weight is 390 g/mol. The number of benzene rings is 2. The highest BCUT2D eigenvalue weighted by atomic mass is 16.5. The van der Waals surface area contributed by atoms with Crippen LogP contribution in [0.3, 0.4) is 0 Å². The third-order valence-electron chi connectivity index (χ3n) is 6.02. The maximum Gasteiger partial charge on any atom is 0.335 e. The molecule has 0 spiro atoms. The van der Waals surface area contributed by atoms with E-state index in [4.69, 9.17) is 9.84 Å². The summed E-state index contributed by atoms with van der Waals surface area (Å²) in [5.74, 6) is -0.194. The van der Waals surface area contributed by atoms with E-state index in [0.29, 0.717) is 17.4 Å². The Morgan fingerprint density at radius 3 is 2.52 bits per heavy atom. The predicted octanol–water partition coefficient (Wildman–Crippen LogP) is 4.87. The van der Waals surface area contributed by atoms with Gasteiger partial charge in [-0.15, -0.1) is 0 Å². The molecule has 0 aliphatic carbocycles. The molecule has 2 fully saturated rings. The Morgan fingerprint density at radius 1 is 1.07 bits per heavy atom. The molecule has 2 N–H and O–H groups in total. The lowest BCUT2D eigenvalue weighted by molar-refractivity contribution is 0.0697. The summed E-state index contributed by atoms with van der Waals surface area (Å²) in [6, 6.07) is 16.6. The van der Waals surface area contributed by atoms with Crippen LogP contribution in [0, 0.1) is 11.8 Å². The van der Waals surface area contributed by atoms with Crippen molar-refractivity contribution in [2.75, 3.05) is 0 Å². The van der Waals surface area contributed by atoms with E-state index >= 15 is 0 Å². The summed E-state index contributed by atoms with van der Waals surface area (Å²) in [6.45, 7) is 0. The van der Waals surface area contributed by atoms with Crippen LogP contribution in [0.1, 0.15) is 46.9 Å². The summed E-state index contributed by atoms with van der Waals surface area (Å²) in [6.07, 6.45) is 11.2. The maximum atomic E-state index is 11.0. The van der Waals surface area contributed by atoms with Crippen LogP contribution in [0.2, 0.25) is 0 Å². The Hall–Kier alpha value is -2.69. The Kier molecular flexibility index (Phi) is 5.93. The van der Waals surface area contributed by atoms with Crippen molar-refractivity contribution in [1.29, 1.82) is 0 Å². The SMILES string of the molecule is O=C(O)c1ccc(/C=C/C[C@@H]2[C@H](C=CC(O)c3ccccc3)[C@@H]3CC[C@H]2O3)cc1. The largest absolute Gasteiger partial charge is 0.478 e. The van der Waals surface area contributed by atoms with Crippen molar-refractivity contribution in [1.82, 2.24) is 0 Å². The molecule has 29 heavy (non-hydrogen) atoms. The number of carbonyl (C=O) groups is 1. The molecule has 4 rings (SSSR count). The average Bonchev–Trinajstić information content (AvgIpc) is 3.35. The smallest absolute Gasteiger partial charge is 0.335 e. The Bertz CT molecular complexity index is 885. The zero-order valence-corrected chi connectivity index (χ0v) is 16.2. The molecule has 4 heteroatoms. The highest BCUT2D eigenvalue weighted by molar-refractivity contribution is 5.87. The fourth-order valence-corrected chi connectivity index (χ4v) is 4.48. The van der Waals surface area contributed by atoms with E-state index in [9.17, 15) is 9.90 Å². The number of hydrogen-bond donors (Lipinski definition) is 2. The molecule has 0 aromatic heterocycles. The lowest BCUT2D eigenvalue weighted by Gasteiger charge is -2.25. The zero-order chi connectivity index (χ0) is 20.2. The van der Waals surface area contributed by atoms with Crippen LogP contribution in [0.15, 0.2) is 72.8 Å². The minimum atomic E-state index is -0.910. The van der Waals surface area contributed by atoms with Crippen LogP contribution in [-0.4, -0.2) is 28.4 Å². The standard InChI is InChI=1S/C25H26O4/c26-22(18-6-2-1-3-7-18)14-13-21-20(23-15-16-24(21)29-23)8-4-5-17-9-11-19(12-10-17)25(27)28/h1-7,9-14,20-24,26H,8,15-16H2,(H,27,28)/b5-4+,14-13?/t20-,21+,22?,23-,24+/m1/s1. The van der Waals surface area contributed by atoms with Crippen LogP contribution >= 0.6 is 0 Å². The van der Waals surface area contributed by atoms with E-state index in [0.717, 1.165) is 30.4 Å². The third-order valence-corrected chi connectivity index (χ3v) is 6.02. The maximum absolute atomic E-state index is 11.0. The molecule has 2 saturated heterocycles. The molecule has 1 unspecified atom stereocenters. The fourth-order valence-electron chi connectivity index (χ4n) is 4.48. The minimum Gasteiger partial charge on any atom is -0.478 e. The van der Waals surface area contributed by atoms with Gasteiger partial charge in [-0.1, -0.05) is 66.8 Å². The van der Waals surface area contributed by atoms with Crippen molar-refractivity contribution in [3.05, 3.63) is 89.5 Å². The third kappa shape index (κ3) is 4.50. The van der Waals surface area contributed by atoms with Gasteiger partial charge in [-0.05, 0) is 48.4 Å². The van der Waals surface area contributed by atoms with Crippen molar-refractivity contribution in [2.24, 2.45) is 11.8 Å². The zero-order valence-electron chi connectivity index (χ0n) is 16.2. The number of hydrogen-bond acceptors (Lipinski definition) is 3. The Balaban J connectivity index is 1.40. The van der Waals surface area contributed by atoms with Gasteiger partial charge in [0, 0.05) is 5.92 Å². The van der Waals surface area contributed by atoms with Crippen LogP contribution in [0.5, 0.6) is 0 Å². The van der Waals surface area contributed by atoms with Gasteiger partial charge in [0.2, 0.25) is 0 Å². The van der Waals surface area contributed by atoms with E-state index in [2.05, 4.69) is 12.2 Å². The van der Waals surface area contributed by atoms with Crippen molar-refractivity contribution in [3.63, 3.8) is 0 Å². The first-order valence-corrected chi connectivity index (χ1v) is 10.2. The molecule has 2 heterocycles. The lowest BCUT2D eigenvalue weighted by atomic mass is 9.77. The minimum absolute atomic E-state index is 0.243. The number of carboxylic acid groups (broad SMARTS) is 1. The Morgan fingerprint density at radius 2 is 1.79 bits per heavy atom. The quantitative estimate of drug-likeness (QED) is 0.662. The van der Waals surface area contributed by atoms with Gasteiger partial charge in [0.25, 0.3) is 0 Å². The van der Waals surface area contributed by atoms with Crippen LogP contribution in [0.4, 0.5) is 0 Å². The first kappa shape index (κ1) is 19.6. The van der Waals surface area contributed by atoms with E-state index in [1.807, 2.05) is 54.6 Å². The number of carboxylic acids is 1. The van der Waals surface area contributed by atoms with Crippen LogP contribution in [-0.2, 0) is 4.74 Å². The molecular weight excluding hydrogens is 364 g/mol. The molecule has 4 nitrogen and oxygen atoms in total. The van der Waals surface area contributed by atoms with Gasteiger partial charge < -0.3 is 14.9 Å². The molecule has 2 aliphatic heterocycles. The number of aromatic carboxylic acids is 1. The van der Waals surface area contributed by atoms with Gasteiger partial charge in [0.05, 0.1) is 23.9 Å². The van der Waals surface area contributed by atoms with Crippen molar-refractivity contribution < 1.29 is 19.7 Å². The molecule has 0 saturated carbocycles. The molecule has 2 bridgehead atoms. The number of rotatable bonds is 7. The summed E-state index contributed by atoms with van der Waals surface area (Å²) >= 11 is 0. The number of ether oxygens (including phenoxy) is 1. The molecular formula is C25H26O4. The molecule has 0 amide bonds. The van der Waals surface area contributed by atoms with E-state index < -0.39 is 12.1 Å². The molecule has 2 aliphatic rings. The van der Waals surface area contributed by atoms with E-state index in [-0.39, 0.29) is 12.2 Å². The second-order valence-corrected chi connectivity index (χ2v) is 7.84. The van der Waals surface area contributed by atoms with E-state index in [1.165, 1.54) is 0 Å². The molecule has 5 atom stereocenters. The van der Waals surface area contributed by atoms with Crippen molar-refractivity contribution >= 4 is 12.0 Å². The first-order chi connectivity index (χ1) is 14.1. The highest BCUT2D eigenvalue weighted by Gasteiger charge is 2.46. The van der Waals surface area contributed by atoms with Gasteiger partial charge in [-0.25, -0.2) is 4.79 Å².